The number of rotatable bonds is 10. The van der Waals surface area contributed by atoms with Gasteiger partial charge < -0.3 is 19.5 Å². The van der Waals surface area contributed by atoms with E-state index >= 15 is 0 Å². The lowest BCUT2D eigenvalue weighted by Gasteiger charge is -2.17. The van der Waals surface area contributed by atoms with Crippen molar-refractivity contribution in [3.63, 3.8) is 0 Å². The molecule has 0 aromatic heterocycles. The molecule has 2 aromatic rings. The van der Waals surface area contributed by atoms with Crippen LogP contribution in [0.2, 0.25) is 10.0 Å². The van der Waals surface area contributed by atoms with Crippen molar-refractivity contribution in [3.8, 4) is 11.5 Å². The summed E-state index contributed by atoms with van der Waals surface area (Å²) in [5.74, 6) is -0.631. The molecule has 0 heterocycles. The molecule has 0 unspecified atom stereocenters. The Hall–Kier alpha value is -2.70. The number of allylic oxidation sites excluding steroid dienone is 1. The Morgan fingerprint density at radius 2 is 1.68 bits per heavy atom. The summed E-state index contributed by atoms with van der Waals surface area (Å²) >= 11 is 12.4. The zero-order valence-corrected chi connectivity index (χ0v) is 19.2. The maximum atomic E-state index is 12.4. The first-order chi connectivity index (χ1) is 14.8. The highest BCUT2D eigenvalue weighted by molar-refractivity contribution is 6.35. The maximum absolute atomic E-state index is 12.4. The van der Waals surface area contributed by atoms with Crippen molar-refractivity contribution >= 4 is 40.7 Å². The number of carbonyl (C=O) groups excluding carboxylic acids is 1. The van der Waals surface area contributed by atoms with E-state index in [9.17, 15) is 9.59 Å². The number of aliphatic carboxylic acids is 1. The number of hydrogen-bond acceptors (Lipinski definition) is 4. The minimum absolute atomic E-state index is 0.0799. The van der Waals surface area contributed by atoms with Crippen molar-refractivity contribution in [3.05, 3.63) is 63.6 Å². The first-order valence-electron chi connectivity index (χ1n) is 9.78. The summed E-state index contributed by atoms with van der Waals surface area (Å²) in [5, 5.41) is 9.92. The summed E-state index contributed by atoms with van der Waals surface area (Å²) in [4.78, 5) is 25.1. The van der Waals surface area contributed by atoms with E-state index in [1.54, 1.807) is 47.4 Å². The lowest BCUT2D eigenvalue weighted by molar-refractivity contribution is -0.139. The number of likely N-dealkylation sites (N-methyl/N-ethyl adjacent to an activating group) is 1. The Kier molecular flexibility index (Phi) is 9.21. The standard InChI is InChI=1S/C23H25Cl2NO5/c1-4-26(5-2)22(27)11-15(3)16-9-10-20(21(12-16)31-14-23(28)29)30-13-17-18(24)7-6-8-19(17)25/h6-12H,4-5,13-14H2,1-3H3,(H,28,29). The smallest absolute Gasteiger partial charge is 0.341 e. The number of halogens is 2. The first-order valence-corrected chi connectivity index (χ1v) is 10.5. The highest BCUT2D eigenvalue weighted by Crippen LogP contribution is 2.33. The zero-order valence-electron chi connectivity index (χ0n) is 17.7. The molecule has 0 bridgehead atoms. The van der Waals surface area contributed by atoms with Gasteiger partial charge >= 0.3 is 5.97 Å². The fraction of sp³-hybridized carbons (Fsp3) is 0.304. The fourth-order valence-corrected chi connectivity index (χ4v) is 3.35. The normalized spacial score (nSPS) is 11.2. The topological polar surface area (TPSA) is 76.1 Å². The van der Waals surface area contributed by atoms with Crippen LogP contribution in [0.15, 0.2) is 42.5 Å². The van der Waals surface area contributed by atoms with Crippen LogP contribution < -0.4 is 9.47 Å². The van der Waals surface area contributed by atoms with Gasteiger partial charge in [-0.15, -0.1) is 0 Å². The summed E-state index contributed by atoms with van der Waals surface area (Å²) in [6.07, 6.45) is 1.55. The predicted molar refractivity (Wildman–Crippen MR) is 122 cm³/mol. The van der Waals surface area contributed by atoms with Crippen LogP contribution in [0, 0.1) is 0 Å². The van der Waals surface area contributed by atoms with Crippen molar-refractivity contribution < 1.29 is 24.2 Å². The van der Waals surface area contributed by atoms with Crippen LogP contribution in [-0.4, -0.2) is 41.6 Å². The number of carbonyl (C=O) groups is 2. The third-order valence-electron chi connectivity index (χ3n) is 4.60. The molecule has 6 nitrogen and oxygen atoms in total. The van der Waals surface area contributed by atoms with Crippen molar-refractivity contribution in [2.24, 2.45) is 0 Å². The molecule has 0 aliphatic heterocycles. The summed E-state index contributed by atoms with van der Waals surface area (Å²) in [6, 6.07) is 10.2. The largest absolute Gasteiger partial charge is 0.485 e. The highest BCUT2D eigenvalue weighted by Gasteiger charge is 2.14. The molecule has 2 rings (SSSR count). The third-order valence-corrected chi connectivity index (χ3v) is 5.31. The van der Waals surface area contributed by atoms with Crippen LogP contribution in [-0.2, 0) is 16.2 Å². The Labute approximate surface area is 192 Å². The van der Waals surface area contributed by atoms with Crippen molar-refractivity contribution in [1.29, 1.82) is 0 Å². The van der Waals surface area contributed by atoms with E-state index in [4.69, 9.17) is 37.8 Å². The van der Waals surface area contributed by atoms with Gasteiger partial charge in [0, 0.05) is 34.8 Å². The second-order valence-corrected chi connectivity index (χ2v) is 7.49. The number of nitrogens with zero attached hydrogens (tertiary/aromatic N) is 1. The number of amides is 1. The number of carboxylic acid groups (broad SMARTS) is 1. The minimum Gasteiger partial charge on any atom is -0.485 e. The Morgan fingerprint density at radius 1 is 1.03 bits per heavy atom. The van der Waals surface area contributed by atoms with Gasteiger partial charge in [0.25, 0.3) is 0 Å². The average molecular weight is 466 g/mol. The molecule has 0 radical (unpaired) electrons. The lowest BCUT2D eigenvalue weighted by Crippen LogP contribution is -2.28. The second kappa shape index (κ2) is 11.6. The van der Waals surface area contributed by atoms with Gasteiger partial charge in [0.15, 0.2) is 18.1 Å². The van der Waals surface area contributed by atoms with E-state index in [0.29, 0.717) is 40.0 Å². The SMILES string of the molecule is CCN(CC)C(=O)C=C(C)c1ccc(OCc2c(Cl)cccc2Cl)c(OCC(=O)O)c1. The van der Waals surface area contributed by atoms with Crippen LogP contribution >= 0.6 is 23.2 Å². The molecule has 0 saturated carbocycles. The van der Waals surface area contributed by atoms with Crippen molar-refractivity contribution in [2.75, 3.05) is 19.7 Å². The molecule has 0 saturated heterocycles. The molecule has 166 valence electrons. The first kappa shape index (κ1) is 24.6. The van der Waals surface area contributed by atoms with E-state index in [1.165, 1.54) is 0 Å². The van der Waals surface area contributed by atoms with Gasteiger partial charge in [0.05, 0.1) is 0 Å². The summed E-state index contributed by atoms with van der Waals surface area (Å²) < 4.78 is 11.2. The van der Waals surface area contributed by atoms with Gasteiger partial charge in [-0.05, 0) is 56.2 Å². The zero-order chi connectivity index (χ0) is 23.0. The van der Waals surface area contributed by atoms with Crippen LogP contribution in [0.25, 0.3) is 5.57 Å². The molecule has 1 N–H and O–H groups in total. The molecule has 0 spiro atoms. The van der Waals surface area contributed by atoms with Gasteiger partial charge in [-0.25, -0.2) is 4.79 Å². The van der Waals surface area contributed by atoms with Gasteiger partial charge in [0.2, 0.25) is 5.91 Å². The van der Waals surface area contributed by atoms with Crippen molar-refractivity contribution in [2.45, 2.75) is 27.4 Å². The summed E-state index contributed by atoms with van der Waals surface area (Å²) in [5.41, 5.74) is 2.04. The van der Waals surface area contributed by atoms with E-state index in [2.05, 4.69) is 0 Å². The van der Waals surface area contributed by atoms with E-state index < -0.39 is 12.6 Å². The molecule has 8 heteroatoms. The molecular weight excluding hydrogens is 441 g/mol. The fourth-order valence-electron chi connectivity index (χ4n) is 2.84. The van der Waals surface area contributed by atoms with Crippen LogP contribution in [0.4, 0.5) is 0 Å². The molecule has 2 aromatic carbocycles. The van der Waals surface area contributed by atoms with Gasteiger partial charge in [-0.3, -0.25) is 4.79 Å². The monoisotopic (exact) mass is 465 g/mol. The summed E-state index contributed by atoms with van der Waals surface area (Å²) in [6.45, 7) is 6.42. The molecule has 1 amide bonds. The Balaban J connectivity index is 2.30. The van der Waals surface area contributed by atoms with Crippen molar-refractivity contribution in [1.82, 2.24) is 4.90 Å². The number of benzene rings is 2. The minimum atomic E-state index is -1.12. The summed E-state index contributed by atoms with van der Waals surface area (Å²) in [7, 11) is 0. The molecule has 0 fully saturated rings. The van der Waals surface area contributed by atoms with Crippen LogP contribution in [0.5, 0.6) is 11.5 Å². The number of ether oxygens (including phenoxy) is 2. The highest BCUT2D eigenvalue weighted by atomic mass is 35.5. The predicted octanol–water partition coefficient (Wildman–Crippen LogP) is 5.31. The Morgan fingerprint density at radius 3 is 2.26 bits per heavy atom. The molecule has 0 atom stereocenters. The van der Waals surface area contributed by atoms with Crippen LogP contribution in [0.3, 0.4) is 0 Å². The van der Waals surface area contributed by atoms with E-state index in [1.807, 2.05) is 20.8 Å². The number of carboxylic acids is 1. The van der Waals surface area contributed by atoms with Crippen LogP contribution in [0.1, 0.15) is 31.9 Å². The molecular formula is C23H25Cl2NO5. The van der Waals surface area contributed by atoms with Gasteiger partial charge in [-0.1, -0.05) is 35.3 Å². The van der Waals surface area contributed by atoms with E-state index in [0.717, 1.165) is 5.57 Å². The van der Waals surface area contributed by atoms with E-state index in [-0.39, 0.29) is 18.3 Å². The lowest BCUT2D eigenvalue weighted by atomic mass is 10.1. The van der Waals surface area contributed by atoms with Gasteiger partial charge in [-0.2, -0.15) is 0 Å². The molecule has 0 aliphatic rings. The van der Waals surface area contributed by atoms with Gasteiger partial charge in [0.1, 0.15) is 6.61 Å². The Bertz CT molecular complexity index is 950. The third kappa shape index (κ3) is 6.91. The maximum Gasteiger partial charge on any atom is 0.341 e. The quantitative estimate of drug-likeness (QED) is 0.481. The molecule has 0 aliphatic carbocycles. The second-order valence-electron chi connectivity index (χ2n) is 6.67. The average Bonchev–Trinajstić information content (AvgIpc) is 2.73. The molecule has 31 heavy (non-hydrogen) atoms. The number of hydrogen-bond donors (Lipinski definition) is 1.